The lowest BCUT2D eigenvalue weighted by atomic mass is 10.1. The molecular weight excluding hydrogens is 462 g/mol. The Balaban J connectivity index is 1.41. The highest BCUT2D eigenvalue weighted by Crippen LogP contribution is 2.25. The third-order valence-corrected chi connectivity index (χ3v) is 8.41. The highest BCUT2D eigenvalue weighted by Gasteiger charge is 2.28. The van der Waals surface area contributed by atoms with E-state index in [9.17, 15) is 18.0 Å². The number of hydrogen-bond acceptors (Lipinski definition) is 4. The van der Waals surface area contributed by atoms with E-state index in [0.717, 1.165) is 44.3 Å². The second-order valence-electron chi connectivity index (χ2n) is 8.49. The fraction of sp³-hybridized carbons (Fsp3) is 0.417. The first kappa shape index (κ1) is 23.7. The van der Waals surface area contributed by atoms with Crippen LogP contribution in [0.15, 0.2) is 47.4 Å². The first-order chi connectivity index (χ1) is 15.9. The van der Waals surface area contributed by atoms with Crippen molar-refractivity contribution in [1.29, 1.82) is 0 Å². The fourth-order valence-corrected chi connectivity index (χ4v) is 5.99. The molecule has 0 aliphatic carbocycles. The van der Waals surface area contributed by atoms with E-state index in [0.29, 0.717) is 18.7 Å². The molecule has 0 spiro atoms. The minimum atomic E-state index is -3.64. The molecule has 2 aliphatic heterocycles. The van der Waals surface area contributed by atoms with Crippen molar-refractivity contribution >= 4 is 33.4 Å². The van der Waals surface area contributed by atoms with Crippen LogP contribution in [0.5, 0.6) is 0 Å². The largest absolute Gasteiger partial charge is 0.348 e. The van der Waals surface area contributed by atoms with Gasteiger partial charge in [-0.25, -0.2) is 8.42 Å². The van der Waals surface area contributed by atoms with Crippen LogP contribution in [0.4, 0.5) is 0 Å². The van der Waals surface area contributed by atoms with Crippen LogP contribution in [0, 0.1) is 0 Å². The summed E-state index contributed by atoms with van der Waals surface area (Å²) in [6.07, 6.45) is 4.92. The first-order valence-electron chi connectivity index (χ1n) is 11.3. The lowest BCUT2D eigenvalue weighted by Gasteiger charge is -2.26. The number of nitrogens with zero attached hydrogens (tertiary/aromatic N) is 2. The summed E-state index contributed by atoms with van der Waals surface area (Å²) in [7, 11) is -3.64. The molecule has 2 saturated heterocycles. The minimum Gasteiger partial charge on any atom is -0.348 e. The number of amides is 2. The van der Waals surface area contributed by atoms with Crippen molar-refractivity contribution in [3.05, 3.63) is 64.2 Å². The smallest absolute Gasteiger partial charge is 0.253 e. The molecule has 0 atom stereocenters. The number of nitrogens with one attached hydrogen (secondary N) is 1. The molecule has 33 heavy (non-hydrogen) atoms. The second-order valence-corrected chi connectivity index (χ2v) is 10.8. The molecule has 2 heterocycles. The predicted octanol–water partition coefficient (Wildman–Crippen LogP) is 3.68. The second kappa shape index (κ2) is 10.2. The van der Waals surface area contributed by atoms with Crippen molar-refractivity contribution in [2.45, 2.75) is 43.5 Å². The van der Waals surface area contributed by atoms with E-state index in [2.05, 4.69) is 5.32 Å². The third kappa shape index (κ3) is 5.39. The Morgan fingerprint density at radius 3 is 2.18 bits per heavy atom. The number of rotatable bonds is 6. The Morgan fingerprint density at radius 1 is 0.879 bits per heavy atom. The Labute approximate surface area is 199 Å². The number of halogens is 1. The molecule has 9 heteroatoms. The average molecular weight is 490 g/mol. The van der Waals surface area contributed by atoms with Gasteiger partial charge >= 0.3 is 0 Å². The van der Waals surface area contributed by atoms with E-state index in [1.807, 2.05) is 17.0 Å². The molecule has 4 rings (SSSR count). The molecule has 1 N–H and O–H groups in total. The minimum absolute atomic E-state index is 0.0353. The zero-order valence-electron chi connectivity index (χ0n) is 18.4. The summed E-state index contributed by atoms with van der Waals surface area (Å²) < 4.78 is 27.1. The molecule has 0 bridgehead atoms. The van der Waals surface area contributed by atoms with E-state index >= 15 is 0 Å². The normalized spacial score (nSPS) is 17.2. The Kier molecular flexibility index (Phi) is 7.36. The van der Waals surface area contributed by atoms with Crippen molar-refractivity contribution < 1.29 is 18.0 Å². The Morgan fingerprint density at radius 2 is 1.52 bits per heavy atom. The van der Waals surface area contributed by atoms with Crippen molar-refractivity contribution in [2.24, 2.45) is 0 Å². The summed E-state index contributed by atoms with van der Waals surface area (Å²) in [6, 6.07) is 11.4. The van der Waals surface area contributed by atoms with Gasteiger partial charge in [0.15, 0.2) is 0 Å². The van der Waals surface area contributed by atoms with Crippen molar-refractivity contribution in [1.82, 2.24) is 14.5 Å². The molecule has 2 aromatic carbocycles. The van der Waals surface area contributed by atoms with Gasteiger partial charge in [-0.3, -0.25) is 9.59 Å². The monoisotopic (exact) mass is 489 g/mol. The van der Waals surface area contributed by atoms with Gasteiger partial charge in [-0.2, -0.15) is 4.31 Å². The molecule has 0 unspecified atom stereocenters. The van der Waals surface area contributed by atoms with Gasteiger partial charge in [0, 0.05) is 38.3 Å². The summed E-state index contributed by atoms with van der Waals surface area (Å²) in [6.45, 7) is 2.80. The number of piperidine rings is 1. The average Bonchev–Trinajstić information content (AvgIpc) is 3.39. The molecular formula is C24H28ClN3O4S. The van der Waals surface area contributed by atoms with Crippen LogP contribution in [-0.2, 0) is 16.6 Å². The highest BCUT2D eigenvalue weighted by molar-refractivity contribution is 7.89. The fourth-order valence-electron chi connectivity index (χ4n) is 4.24. The molecule has 2 aromatic rings. The van der Waals surface area contributed by atoms with E-state index in [1.54, 1.807) is 12.1 Å². The van der Waals surface area contributed by atoms with Gasteiger partial charge in [0.1, 0.15) is 0 Å². The quantitative estimate of drug-likeness (QED) is 0.670. The number of likely N-dealkylation sites (tertiary alicyclic amines) is 1. The van der Waals surface area contributed by atoms with Crippen LogP contribution in [-0.4, -0.2) is 55.6 Å². The molecule has 0 radical (unpaired) electrons. The molecule has 7 nitrogen and oxygen atoms in total. The molecule has 2 amide bonds. The van der Waals surface area contributed by atoms with Gasteiger partial charge in [-0.15, -0.1) is 0 Å². The van der Waals surface area contributed by atoms with Crippen LogP contribution in [0.3, 0.4) is 0 Å². The van der Waals surface area contributed by atoms with Crippen LogP contribution in [0.2, 0.25) is 5.02 Å². The van der Waals surface area contributed by atoms with Crippen molar-refractivity contribution in [3.63, 3.8) is 0 Å². The highest BCUT2D eigenvalue weighted by atomic mass is 35.5. The Bertz CT molecular complexity index is 1120. The zero-order valence-corrected chi connectivity index (χ0v) is 20.0. The maximum atomic E-state index is 12.8. The summed E-state index contributed by atoms with van der Waals surface area (Å²) in [5, 5.41) is 2.98. The van der Waals surface area contributed by atoms with Gasteiger partial charge < -0.3 is 10.2 Å². The lowest BCUT2D eigenvalue weighted by Crippen LogP contribution is -2.35. The van der Waals surface area contributed by atoms with E-state index in [-0.39, 0.29) is 27.9 Å². The summed E-state index contributed by atoms with van der Waals surface area (Å²) in [5.41, 5.74) is 1.58. The van der Waals surface area contributed by atoms with Crippen LogP contribution < -0.4 is 5.32 Å². The Hall–Kier alpha value is -2.42. The first-order valence-corrected chi connectivity index (χ1v) is 13.1. The number of carbonyl (C=O) groups is 2. The van der Waals surface area contributed by atoms with E-state index < -0.39 is 15.9 Å². The van der Waals surface area contributed by atoms with E-state index in [1.165, 1.54) is 28.9 Å². The maximum absolute atomic E-state index is 12.8. The summed E-state index contributed by atoms with van der Waals surface area (Å²) in [5.74, 6) is -0.417. The van der Waals surface area contributed by atoms with Gasteiger partial charge in [0.25, 0.3) is 11.8 Å². The van der Waals surface area contributed by atoms with Crippen molar-refractivity contribution in [3.8, 4) is 0 Å². The number of hydrogen-bond donors (Lipinski definition) is 1. The number of benzene rings is 2. The van der Waals surface area contributed by atoms with Gasteiger partial charge in [-0.1, -0.05) is 23.7 Å². The standard InChI is InChI=1S/C24H28ClN3O4S/c25-22-11-10-20(33(31,32)28-14-4-5-15-28)16-21(22)23(29)26-17-18-6-8-19(9-7-18)24(30)27-12-2-1-3-13-27/h6-11,16H,1-5,12-15,17H2,(H,26,29). The van der Waals surface area contributed by atoms with Crippen LogP contribution in [0.1, 0.15) is 58.4 Å². The molecule has 2 aliphatic rings. The molecule has 2 fully saturated rings. The van der Waals surface area contributed by atoms with Crippen LogP contribution >= 0.6 is 11.6 Å². The summed E-state index contributed by atoms with van der Waals surface area (Å²) >= 11 is 6.20. The number of carbonyl (C=O) groups excluding carboxylic acids is 2. The lowest BCUT2D eigenvalue weighted by molar-refractivity contribution is 0.0724. The molecule has 176 valence electrons. The van der Waals surface area contributed by atoms with Crippen LogP contribution in [0.25, 0.3) is 0 Å². The van der Waals surface area contributed by atoms with E-state index in [4.69, 9.17) is 11.6 Å². The zero-order chi connectivity index (χ0) is 23.4. The predicted molar refractivity (Wildman–Crippen MR) is 127 cm³/mol. The topological polar surface area (TPSA) is 86.8 Å². The van der Waals surface area contributed by atoms with Gasteiger partial charge in [0.05, 0.1) is 15.5 Å². The van der Waals surface area contributed by atoms with Gasteiger partial charge in [-0.05, 0) is 68.0 Å². The van der Waals surface area contributed by atoms with Gasteiger partial charge in [0.2, 0.25) is 10.0 Å². The molecule has 0 aromatic heterocycles. The van der Waals surface area contributed by atoms with Crippen molar-refractivity contribution in [2.75, 3.05) is 26.2 Å². The summed E-state index contributed by atoms with van der Waals surface area (Å²) in [4.78, 5) is 27.3. The third-order valence-electron chi connectivity index (χ3n) is 6.18. The maximum Gasteiger partial charge on any atom is 0.253 e. The SMILES string of the molecule is O=C(NCc1ccc(C(=O)N2CCCCC2)cc1)c1cc(S(=O)(=O)N2CCCC2)ccc1Cl. The molecule has 0 saturated carbocycles. The number of sulfonamides is 1.